The lowest BCUT2D eigenvalue weighted by atomic mass is 10.1. The molecule has 0 aromatic heterocycles. The second-order valence-electron chi connectivity index (χ2n) is 8.42. The van der Waals surface area contributed by atoms with Gasteiger partial charge in [-0.15, -0.1) is 0 Å². The van der Waals surface area contributed by atoms with Gasteiger partial charge in [-0.05, 0) is 43.0 Å². The quantitative estimate of drug-likeness (QED) is 0.495. The van der Waals surface area contributed by atoms with E-state index in [1.165, 1.54) is 4.90 Å². The zero-order valence-corrected chi connectivity index (χ0v) is 18.9. The van der Waals surface area contributed by atoms with E-state index in [1.807, 2.05) is 53.4 Å². The lowest BCUT2D eigenvalue weighted by Crippen LogP contribution is -2.35. The molecule has 2 amide bonds. The van der Waals surface area contributed by atoms with E-state index in [1.54, 1.807) is 0 Å². The number of guanidine groups is 1. The van der Waals surface area contributed by atoms with Gasteiger partial charge in [-0.25, -0.2) is 4.99 Å². The van der Waals surface area contributed by atoms with Crippen LogP contribution in [0.4, 0.5) is 5.69 Å². The molecule has 34 heavy (non-hydrogen) atoms. The van der Waals surface area contributed by atoms with Crippen LogP contribution < -0.4 is 10.1 Å². The maximum Gasteiger partial charge on any atom is 0.323 e. The molecule has 0 saturated carbocycles. The van der Waals surface area contributed by atoms with Crippen molar-refractivity contribution in [2.75, 3.05) is 19.7 Å². The van der Waals surface area contributed by atoms with Crippen LogP contribution in [0.3, 0.4) is 0 Å². The van der Waals surface area contributed by atoms with E-state index in [4.69, 9.17) is 9.84 Å². The van der Waals surface area contributed by atoms with E-state index >= 15 is 0 Å². The molecule has 0 bridgehead atoms. The van der Waals surface area contributed by atoms with E-state index in [2.05, 4.69) is 10.3 Å². The van der Waals surface area contributed by atoms with Gasteiger partial charge in [-0.3, -0.25) is 19.7 Å². The predicted octanol–water partition coefficient (Wildman–Crippen LogP) is 2.67. The second-order valence-corrected chi connectivity index (χ2v) is 8.42. The number of carbonyl (C=O) groups excluding carboxylic acids is 2. The maximum atomic E-state index is 12.6. The predicted molar refractivity (Wildman–Crippen MR) is 126 cm³/mol. The van der Waals surface area contributed by atoms with Gasteiger partial charge in [0.1, 0.15) is 18.8 Å². The summed E-state index contributed by atoms with van der Waals surface area (Å²) in [5, 5.41) is 11.9. The number of unbranched alkanes of at least 4 members (excludes halogenated alkanes) is 2. The molecule has 1 fully saturated rings. The van der Waals surface area contributed by atoms with Crippen molar-refractivity contribution in [3.8, 4) is 5.75 Å². The number of aliphatic carboxylic acids is 1. The third kappa shape index (κ3) is 6.12. The normalized spacial score (nSPS) is 14.1. The second kappa shape index (κ2) is 10.8. The number of hydrogen-bond acceptors (Lipinski definition) is 6. The van der Waals surface area contributed by atoms with Gasteiger partial charge in [0.15, 0.2) is 0 Å². The molecule has 9 nitrogen and oxygen atoms in total. The minimum Gasteiger partial charge on any atom is -0.494 e. The van der Waals surface area contributed by atoms with Crippen molar-refractivity contribution in [2.45, 2.75) is 38.8 Å². The zero-order chi connectivity index (χ0) is 23.9. The Balaban J connectivity index is 1.18. The van der Waals surface area contributed by atoms with Crippen molar-refractivity contribution in [3.05, 3.63) is 59.7 Å². The first-order valence-corrected chi connectivity index (χ1v) is 11.4. The number of benzene rings is 2. The number of amides is 2. The Bertz CT molecular complexity index is 1090. The fourth-order valence-electron chi connectivity index (χ4n) is 4.03. The highest BCUT2D eigenvalue weighted by molar-refractivity contribution is 6.05. The molecule has 178 valence electrons. The molecule has 0 spiro atoms. The average molecular weight is 465 g/mol. The Morgan fingerprint density at radius 2 is 1.91 bits per heavy atom. The first kappa shape index (κ1) is 23.3. The standard InChI is InChI=1S/C25H28N4O5/c30-22-16-29-15-19-13-20(10-11-21(19)26-25(29)27-22)34-12-6-2-5-9-23(31)28(17-24(32)33)14-18-7-3-1-4-8-18/h1,3-4,7-8,10-11,13H,2,5-6,9,12,14-17H2,(H,32,33)(H,26,27,30). The molecule has 0 aliphatic carbocycles. The fraction of sp³-hybridized carbons (Fsp3) is 0.360. The molecule has 2 aliphatic rings. The van der Waals surface area contributed by atoms with Crippen LogP contribution in [0.1, 0.15) is 36.8 Å². The number of ether oxygens (including phenoxy) is 1. The van der Waals surface area contributed by atoms with E-state index in [0.717, 1.165) is 35.4 Å². The van der Waals surface area contributed by atoms with E-state index in [-0.39, 0.29) is 18.4 Å². The van der Waals surface area contributed by atoms with Crippen LogP contribution in [0.15, 0.2) is 53.5 Å². The number of nitrogens with zero attached hydrogens (tertiary/aromatic N) is 3. The van der Waals surface area contributed by atoms with Crippen LogP contribution in [0.5, 0.6) is 5.75 Å². The summed E-state index contributed by atoms with van der Waals surface area (Å²) < 4.78 is 5.87. The molecule has 2 N–H and O–H groups in total. The smallest absolute Gasteiger partial charge is 0.323 e. The Labute approximate surface area is 198 Å². The monoisotopic (exact) mass is 464 g/mol. The van der Waals surface area contributed by atoms with Gasteiger partial charge < -0.3 is 19.6 Å². The van der Waals surface area contributed by atoms with Crippen molar-refractivity contribution in [3.63, 3.8) is 0 Å². The Morgan fingerprint density at radius 3 is 2.71 bits per heavy atom. The molecule has 9 heteroatoms. The molecule has 0 radical (unpaired) electrons. The summed E-state index contributed by atoms with van der Waals surface area (Å²) in [6.07, 6.45) is 2.57. The minimum atomic E-state index is -1.02. The highest BCUT2D eigenvalue weighted by Gasteiger charge is 2.29. The summed E-state index contributed by atoms with van der Waals surface area (Å²) in [7, 11) is 0. The SMILES string of the molecule is O=C(O)CN(Cc1ccccc1)C(=O)CCCCCOc1ccc2c(c1)CN1CC(=O)NC1=N2. The Morgan fingerprint density at radius 1 is 1.09 bits per heavy atom. The van der Waals surface area contributed by atoms with Crippen LogP contribution >= 0.6 is 0 Å². The number of nitrogens with one attached hydrogen (secondary N) is 1. The van der Waals surface area contributed by atoms with Crippen LogP contribution in [0.2, 0.25) is 0 Å². The molecule has 0 unspecified atom stereocenters. The van der Waals surface area contributed by atoms with Crippen LogP contribution in [0.25, 0.3) is 0 Å². The number of carbonyl (C=O) groups is 3. The first-order valence-electron chi connectivity index (χ1n) is 11.4. The number of fused-ring (bicyclic) bond motifs is 2. The van der Waals surface area contributed by atoms with Crippen LogP contribution in [-0.4, -0.2) is 58.3 Å². The minimum absolute atomic E-state index is 0.0485. The number of carboxylic acid groups (broad SMARTS) is 1. The zero-order valence-electron chi connectivity index (χ0n) is 18.9. The molecule has 2 heterocycles. The van der Waals surface area contributed by atoms with Gasteiger partial charge >= 0.3 is 5.97 Å². The molecule has 2 aliphatic heterocycles. The highest BCUT2D eigenvalue weighted by atomic mass is 16.5. The lowest BCUT2D eigenvalue weighted by Gasteiger charge is -2.23. The van der Waals surface area contributed by atoms with Gasteiger partial charge in [-0.1, -0.05) is 30.3 Å². The van der Waals surface area contributed by atoms with Crippen molar-refractivity contribution in [1.82, 2.24) is 15.1 Å². The fourth-order valence-corrected chi connectivity index (χ4v) is 4.03. The summed E-state index contributed by atoms with van der Waals surface area (Å²) in [6, 6.07) is 15.1. The number of rotatable bonds is 11. The topological polar surface area (TPSA) is 112 Å². The maximum absolute atomic E-state index is 12.6. The summed E-state index contributed by atoms with van der Waals surface area (Å²) in [5.74, 6) is 0.135. The van der Waals surface area contributed by atoms with E-state index in [9.17, 15) is 14.4 Å². The van der Waals surface area contributed by atoms with Crippen LogP contribution in [0, 0.1) is 0 Å². The van der Waals surface area contributed by atoms with Gasteiger partial charge in [0.2, 0.25) is 17.8 Å². The lowest BCUT2D eigenvalue weighted by molar-refractivity contribution is -0.145. The molecule has 4 rings (SSSR count). The van der Waals surface area contributed by atoms with Crippen molar-refractivity contribution < 1.29 is 24.2 Å². The van der Waals surface area contributed by atoms with Gasteiger partial charge in [-0.2, -0.15) is 0 Å². The average Bonchev–Trinajstić information content (AvgIpc) is 3.18. The summed E-state index contributed by atoms with van der Waals surface area (Å²) >= 11 is 0. The number of hydrogen-bond donors (Lipinski definition) is 2. The largest absolute Gasteiger partial charge is 0.494 e. The van der Waals surface area contributed by atoms with Gasteiger partial charge in [0.25, 0.3) is 0 Å². The van der Waals surface area contributed by atoms with E-state index < -0.39 is 5.97 Å². The van der Waals surface area contributed by atoms with Gasteiger partial charge in [0.05, 0.1) is 12.3 Å². The number of carboxylic acids is 1. The van der Waals surface area contributed by atoms with Gasteiger partial charge in [0, 0.05) is 25.1 Å². The molecule has 2 aromatic carbocycles. The molecular weight excluding hydrogens is 436 g/mol. The Hall–Kier alpha value is -3.88. The van der Waals surface area contributed by atoms with Crippen LogP contribution in [-0.2, 0) is 27.5 Å². The Kier molecular flexibility index (Phi) is 7.41. The molecular formula is C25H28N4O5. The number of aliphatic imine (C=N–C) groups is 1. The van der Waals surface area contributed by atoms with Crippen molar-refractivity contribution in [2.24, 2.45) is 4.99 Å². The van der Waals surface area contributed by atoms with E-state index in [0.29, 0.717) is 45.0 Å². The molecule has 0 atom stereocenters. The van der Waals surface area contributed by atoms with Crippen molar-refractivity contribution >= 4 is 29.4 Å². The third-order valence-electron chi connectivity index (χ3n) is 5.72. The third-order valence-corrected chi connectivity index (χ3v) is 5.72. The highest BCUT2D eigenvalue weighted by Crippen LogP contribution is 2.30. The summed E-state index contributed by atoms with van der Waals surface area (Å²) in [4.78, 5) is 43.1. The molecule has 1 saturated heterocycles. The summed E-state index contributed by atoms with van der Waals surface area (Å²) in [5.41, 5.74) is 2.76. The first-order chi connectivity index (χ1) is 16.5. The molecule has 2 aromatic rings. The van der Waals surface area contributed by atoms with Crippen molar-refractivity contribution in [1.29, 1.82) is 0 Å². The summed E-state index contributed by atoms with van der Waals surface area (Å²) in [6.45, 7) is 1.44.